The van der Waals surface area contributed by atoms with Gasteiger partial charge in [-0.05, 0) is 24.3 Å². The van der Waals surface area contributed by atoms with E-state index in [1.807, 2.05) is 39.9 Å². The van der Waals surface area contributed by atoms with Crippen molar-refractivity contribution < 1.29 is 9.59 Å². The van der Waals surface area contributed by atoms with Crippen molar-refractivity contribution in [1.82, 2.24) is 14.5 Å². The lowest BCUT2D eigenvalue weighted by molar-refractivity contribution is -0.131. The smallest absolute Gasteiger partial charge is 0.224 e. The Hall–Kier alpha value is -2.63. The van der Waals surface area contributed by atoms with E-state index >= 15 is 0 Å². The maximum atomic E-state index is 12.3. The van der Waals surface area contributed by atoms with Gasteiger partial charge in [-0.3, -0.25) is 9.59 Å². The lowest BCUT2D eigenvalue weighted by Crippen LogP contribution is -2.49. The van der Waals surface area contributed by atoms with Crippen LogP contribution in [0.15, 0.2) is 42.7 Å². The predicted molar refractivity (Wildman–Crippen MR) is 87.5 cm³/mol. The first-order valence-electron chi connectivity index (χ1n) is 7.82. The second-order valence-corrected chi connectivity index (χ2v) is 5.55. The van der Waals surface area contributed by atoms with Gasteiger partial charge >= 0.3 is 0 Å². The Morgan fingerprint density at radius 3 is 2.65 bits per heavy atom. The highest BCUT2D eigenvalue weighted by molar-refractivity contribution is 5.77. The van der Waals surface area contributed by atoms with Crippen molar-refractivity contribution in [1.29, 1.82) is 0 Å². The summed E-state index contributed by atoms with van der Waals surface area (Å²) in [6.07, 6.45) is 4.85. The van der Waals surface area contributed by atoms with Gasteiger partial charge in [0, 0.05) is 51.5 Å². The van der Waals surface area contributed by atoms with Crippen molar-refractivity contribution in [3.05, 3.63) is 48.4 Å². The van der Waals surface area contributed by atoms with Crippen molar-refractivity contribution in [2.45, 2.75) is 13.0 Å². The number of piperazine rings is 1. The molecule has 1 aliphatic heterocycles. The SMILES string of the molecule is O=Cc1cccn1CCC(=O)N1CCN(c2ccccn2)CC1. The molecular weight excluding hydrogens is 292 g/mol. The molecule has 6 heteroatoms. The lowest BCUT2D eigenvalue weighted by Gasteiger charge is -2.35. The van der Waals surface area contributed by atoms with Gasteiger partial charge in [0.1, 0.15) is 5.82 Å². The first-order valence-corrected chi connectivity index (χ1v) is 7.82. The molecule has 0 saturated carbocycles. The third-order valence-corrected chi connectivity index (χ3v) is 4.16. The van der Waals surface area contributed by atoms with Crippen molar-refractivity contribution in [3.8, 4) is 0 Å². The number of aromatic nitrogens is 2. The van der Waals surface area contributed by atoms with E-state index < -0.39 is 0 Å². The summed E-state index contributed by atoms with van der Waals surface area (Å²) in [5.41, 5.74) is 0.609. The summed E-state index contributed by atoms with van der Waals surface area (Å²) in [5, 5.41) is 0. The van der Waals surface area contributed by atoms with E-state index in [2.05, 4.69) is 9.88 Å². The number of aldehydes is 1. The molecule has 0 radical (unpaired) electrons. The molecule has 0 bridgehead atoms. The number of carbonyl (C=O) groups is 2. The van der Waals surface area contributed by atoms with Crippen molar-refractivity contribution in [2.24, 2.45) is 0 Å². The molecule has 0 aliphatic carbocycles. The van der Waals surface area contributed by atoms with Gasteiger partial charge in [-0.25, -0.2) is 4.98 Å². The van der Waals surface area contributed by atoms with Crippen molar-refractivity contribution in [3.63, 3.8) is 0 Å². The third-order valence-electron chi connectivity index (χ3n) is 4.16. The summed E-state index contributed by atoms with van der Waals surface area (Å²) in [4.78, 5) is 31.6. The first kappa shape index (κ1) is 15.3. The van der Waals surface area contributed by atoms with Gasteiger partial charge in [0.05, 0.1) is 5.69 Å². The molecule has 1 aliphatic rings. The molecule has 2 aromatic heterocycles. The van der Waals surface area contributed by atoms with Crippen LogP contribution in [0.5, 0.6) is 0 Å². The van der Waals surface area contributed by atoms with E-state index in [0.29, 0.717) is 31.7 Å². The Bertz CT molecular complexity index is 660. The largest absolute Gasteiger partial charge is 0.353 e. The number of pyridine rings is 1. The van der Waals surface area contributed by atoms with Crippen molar-refractivity contribution in [2.75, 3.05) is 31.1 Å². The standard InChI is InChI=1S/C17H20N4O2/c22-14-15-4-3-8-19(15)9-6-17(23)21-12-10-20(11-13-21)16-5-1-2-7-18-16/h1-5,7-8,14H,6,9-13H2. The minimum atomic E-state index is 0.135. The molecule has 0 unspecified atom stereocenters. The highest BCUT2D eigenvalue weighted by Crippen LogP contribution is 2.13. The molecule has 0 N–H and O–H groups in total. The number of rotatable bonds is 5. The van der Waals surface area contributed by atoms with Crippen molar-refractivity contribution >= 4 is 18.0 Å². The molecule has 6 nitrogen and oxygen atoms in total. The molecule has 0 spiro atoms. The van der Waals surface area contributed by atoms with Crippen LogP contribution in [0.2, 0.25) is 0 Å². The Balaban J connectivity index is 1.49. The zero-order chi connectivity index (χ0) is 16.1. The van der Waals surface area contributed by atoms with Crippen LogP contribution in [0.1, 0.15) is 16.9 Å². The molecule has 1 saturated heterocycles. The highest BCUT2D eigenvalue weighted by Gasteiger charge is 2.21. The van der Waals surface area contributed by atoms with Gasteiger partial charge in [-0.2, -0.15) is 0 Å². The quantitative estimate of drug-likeness (QED) is 0.784. The third kappa shape index (κ3) is 3.59. The molecular formula is C17H20N4O2. The fourth-order valence-electron chi connectivity index (χ4n) is 2.84. The fourth-order valence-corrected chi connectivity index (χ4v) is 2.84. The van der Waals surface area contributed by atoms with E-state index in [9.17, 15) is 9.59 Å². The van der Waals surface area contributed by atoms with Crippen LogP contribution in [0.25, 0.3) is 0 Å². The van der Waals surface area contributed by atoms with Crippen LogP contribution >= 0.6 is 0 Å². The predicted octanol–water partition coefficient (Wildman–Crippen LogP) is 1.43. The number of nitrogens with zero attached hydrogens (tertiary/aromatic N) is 4. The van der Waals surface area contributed by atoms with E-state index in [4.69, 9.17) is 0 Å². The second kappa shape index (κ2) is 7.09. The molecule has 1 fully saturated rings. The number of hydrogen-bond acceptors (Lipinski definition) is 4. The minimum Gasteiger partial charge on any atom is -0.353 e. The number of hydrogen-bond donors (Lipinski definition) is 0. The summed E-state index contributed by atoms with van der Waals surface area (Å²) in [6.45, 7) is 3.56. The summed E-state index contributed by atoms with van der Waals surface area (Å²) in [5.74, 6) is 1.10. The molecule has 23 heavy (non-hydrogen) atoms. The summed E-state index contributed by atoms with van der Waals surface area (Å²) >= 11 is 0. The van der Waals surface area contributed by atoms with Crippen LogP contribution in [0, 0.1) is 0 Å². The van der Waals surface area contributed by atoms with Gasteiger partial charge < -0.3 is 14.4 Å². The molecule has 0 aromatic carbocycles. The second-order valence-electron chi connectivity index (χ2n) is 5.55. The monoisotopic (exact) mass is 312 g/mol. The van der Waals surface area contributed by atoms with E-state index in [1.54, 1.807) is 12.3 Å². The van der Waals surface area contributed by atoms with Gasteiger partial charge in [0.15, 0.2) is 6.29 Å². The average Bonchev–Trinajstić information content (AvgIpc) is 3.08. The summed E-state index contributed by atoms with van der Waals surface area (Å²) in [6, 6.07) is 9.44. The van der Waals surface area contributed by atoms with E-state index in [-0.39, 0.29) is 5.91 Å². The van der Waals surface area contributed by atoms with E-state index in [1.165, 1.54) is 0 Å². The number of carbonyl (C=O) groups excluding carboxylic acids is 2. The zero-order valence-electron chi connectivity index (χ0n) is 13.0. The fraction of sp³-hybridized carbons (Fsp3) is 0.353. The molecule has 2 aromatic rings. The lowest BCUT2D eigenvalue weighted by atomic mass is 10.2. The Morgan fingerprint density at radius 2 is 1.96 bits per heavy atom. The number of amides is 1. The molecule has 120 valence electrons. The number of aryl methyl sites for hydroxylation is 1. The van der Waals surface area contributed by atoms with Crippen LogP contribution in [0.4, 0.5) is 5.82 Å². The van der Waals surface area contributed by atoms with Gasteiger partial charge in [0.2, 0.25) is 5.91 Å². The summed E-state index contributed by atoms with van der Waals surface area (Å²) in [7, 11) is 0. The molecule has 0 atom stereocenters. The normalized spacial score (nSPS) is 14.8. The van der Waals surface area contributed by atoms with Crippen LogP contribution < -0.4 is 4.90 Å². The van der Waals surface area contributed by atoms with Gasteiger partial charge in [0.25, 0.3) is 0 Å². The Labute approximate surface area is 135 Å². The van der Waals surface area contributed by atoms with Gasteiger partial charge in [-0.1, -0.05) is 6.07 Å². The van der Waals surface area contributed by atoms with Crippen LogP contribution in [0.3, 0.4) is 0 Å². The topological polar surface area (TPSA) is 58.4 Å². The molecule has 1 amide bonds. The summed E-state index contributed by atoms with van der Waals surface area (Å²) < 4.78 is 1.81. The van der Waals surface area contributed by atoms with E-state index in [0.717, 1.165) is 25.2 Å². The van der Waals surface area contributed by atoms with Gasteiger partial charge in [-0.15, -0.1) is 0 Å². The average molecular weight is 312 g/mol. The highest BCUT2D eigenvalue weighted by atomic mass is 16.2. The Kier molecular flexibility index (Phi) is 4.71. The number of anilines is 1. The minimum absolute atomic E-state index is 0.135. The van der Waals surface area contributed by atoms with Crippen LogP contribution in [-0.4, -0.2) is 52.8 Å². The first-order chi connectivity index (χ1) is 11.3. The molecule has 3 heterocycles. The Morgan fingerprint density at radius 1 is 1.13 bits per heavy atom. The van der Waals surface area contributed by atoms with Crippen LogP contribution in [-0.2, 0) is 11.3 Å². The molecule has 3 rings (SSSR count). The maximum Gasteiger partial charge on any atom is 0.224 e. The zero-order valence-corrected chi connectivity index (χ0v) is 13.0. The maximum absolute atomic E-state index is 12.3.